The Morgan fingerprint density at radius 1 is 1.27 bits per heavy atom. The second kappa shape index (κ2) is 6.27. The maximum absolute atomic E-state index is 12.5. The van der Waals surface area contributed by atoms with Crippen LogP contribution in [-0.4, -0.2) is 31.3 Å². The Bertz CT molecular complexity index is 1040. The molecule has 0 aliphatic carbocycles. The third-order valence-electron chi connectivity index (χ3n) is 3.99. The molecule has 4 N–H and O–H groups in total. The normalized spacial score (nSPS) is 16.5. The maximum Gasteiger partial charge on any atom is 0.269 e. The van der Waals surface area contributed by atoms with Crippen molar-refractivity contribution >= 4 is 39.0 Å². The molecule has 1 atom stereocenters. The highest BCUT2D eigenvalue weighted by Gasteiger charge is 2.35. The molecule has 3 rings (SSSR count). The van der Waals surface area contributed by atoms with Gasteiger partial charge in [-0.1, -0.05) is 11.6 Å². The first kappa shape index (κ1) is 18.2. The lowest BCUT2D eigenvalue weighted by Gasteiger charge is -2.24. The minimum Gasteiger partial charge on any atom is -0.508 e. The van der Waals surface area contributed by atoms with Crippen LogP contribution in [0.4, 0.5) is 5.69 Å². The number of benzene rings is 2. The molecular formula is C16H14ClN3O5S. The number of aromatic hydroxyl groups is 1. The lowest BCUT2D eigenvalue weighted by molar-refractivity contribution is 0.0930. The van der Waals surface area contributed by atoms with E-state index in [1.807, 2.05) is 0 Å². The van der Waals surface area contributed by atoms with Crippen molar-refractivity contribution in [1.29, 1.82) is 0 Å². The van der Waals surface area contributed by atoms with Crippen LogP contribution in [0.1, 0.15) is 27.6 Å². The Kier molecular flexibility index (Phi) is 4.39. The van der Waals surface area contributed by atoms with Gasteiger partial charge in [0, 0.05) is 11.1 Å². The standard InChI is InChI=1S/C16H14ClN3O5S/c1-8-15(22)11-7-10(21)3-5-13(11)20(8)19-16(23)9-2-4-12(17)14(6-9)26(18,24)25/h2-8,21H,1H3,(H,19,23)(H2,18,24,25). The first-order valence-corrected chi connectivity index (χ1v) is 9.32. The number of fused-ring (bicyclic) bond motifs is 1. The molecule has 0 saturated heterocycles. The fourth-order valence-electron chi connectivity index (χ4n) is 2.68. The Hall–Kier alpha value is -2.62. The van der Waals surface area contributed by atoms with E-state index < -0.39 is 22.0 Å². The van der Waals surface area contributed by atoms with Gasteiger partial charge in [0.2, 0.25) is 10.0 Å². The number of carbonyl (C=O) groups is 2. The van der Waals surface area contributed by atoms with Crippen molar-refractivity contribution in [2.24, 2.45) is 5.14 Å². The van der Waals surface area contributed by atoms with E-state index >= 15 is 0 Å². The minimum atomic E-state index is -4.10. The van der Waals surface area contributed by atoms with Crippen LogP contribution in [0.5, 0.6) is 5.75 Å². The molecule has 0 fully saturated rings. The van der Waals surface area contributed by atoms with E-state index in [-0.39, 0.29) is 32.6 Å². The summed E-state index contributed by atoms with van der Waals surface area (Å²) in [5.74, 6) is -0.974. The number of hydrogen-bond donors (Lipinski definition) is 3. The first-order chi connectivity index (χ1) is 12.1. The number of nitrogens with one attached hydrogen (secondary N) is 1. The fourth-order valence-corrected chi connectivity index (χ4v) is 3.75. The highest BCUT2D eigenvalue weighted by Crippen LogP contribution is 2.33. The zero-order chi connectivity index (χ0) is 19.2. The van der Waals surface area contributed by atoms with Crippen LogP contribution >= 0.6 is 11.6 Å². The summed E-state index contributed by atoms with van der Waals surface area (Å²) < 4.78 is 23.1. The highest BCUT2D eigenvalue weighted by atomic mass is 35.5. The minimum absolute atomic E-state index is 0.00491. The van der Waals surface area contributed by atoms with Crippen LogP contribution in [0.15, 0.2) is 41.3 Å². The van der Waals surface area contributed by atoms with Crippen LogP contribution in [0.3, 0.4) is 0 Å². The lowest BCUT2D eigenvalue weighted by atomic mass is 10.1. The van der Waals surface area contributed by atoms with Gasteiger partial charge in [-0.15, -0.1) is 0 Å². The predicted octanol–water partition coefficient (Wildman–Crippen LogP) is 1.43. The molecule has 1 aliphatic rings. The molecule has 1 amide bonds. The van der Waals surface area contributed by atoms with Gasteiger partial charge in [0.25, 0.3) is 5.91 Å². The van der Waals surface area contributed by atoms with Gasteiger partial charge in [0.05, 0.1) is 10.7 Å². The molecule has 10 heteroatoms. The van der Waals surface area contributed by atoms with Gasteiger partial charge in [0.15, 0.2) is 5.78 Å². The number of phenolic OH excluding ortho intramolecular Hbond substituents is 1. The average Bonchev–Trinajstić information content (AvgIpc) is 2.79. The van der Waals surface area contributed by atoms with E-state index in [2.05, 4.69) is 5.43 Å². The van der Waals surface area contributed by atoms with Crippen molar-refractivity contribution in [3.63, 3.8) is 0 Å². The second-order valence-corrected chi connectivity index (χ2v) is 7.68. The number of halogens is 1. The number of anilines is 1. The highest BCUT2D eigenvalue weighted by molar-refractivity contribution is 7.89. The molecular weight excluding hydrogens is 382 g/mol. The number of amides is 1. The number of carbonyl (C=O) groups excluding carboxylic acids is 2. The number of sulfonamides is 1. The molecule has 1 aliphatic heterocycles. The van der Waals surface area contributed by atoms with Crippen molar-refractivity contribution in [1.82, 2.24) is 5.43 Å². The van der Waals surface area contributed by atoms with Crippen molar-refractivity contribution in [3.8, 4) is 5.75 Å². The zero-order valence-electron chi connectivity index (χ0n) is 13.4. The van der Waals surface area contributed by atoms with Crippen LogP contribution in [-0.2, 0) is 10.0 Å². The van der Waals surface area contributed by atoms with Gasteiger partial charge in [-0.25, -0.2) is 13.6 Å². The Morgan fingerprint density at radius 2 is 1.96 bits per heavy atom. The molecule has 0 saturated carbocycles. The summed E-state index contributed by atoms with van der Waals surface area (Å²) in [5.41, 5.74) is 3.27. The fraction of sp³-hybridized carbons (Fsp3) is 0.125. The van der Waals surface area contributed by atoms with Gasteiger partial charge >= 0.3 is 0 Å². The maximum atomic E-state index is 12.5. The molecule has 0 spiro atoms. The van der Waals surface area contributed by atoms with Crippen molar-refractivity contribution in [2.75, 3.05) is 5.01 Å². The molecule has 136 valence electrons. The van der Waals surface area contributed by atoms with Crippen molar-refractivity contribution < 1.29 is 23.1 Å². The Balaban J connectivity index is 1.93. The Morgan fingerprint density at radius 3 is 2.62 bits per heavy atom. The van der Waals surface area contributed by atoms with E-state index in [1.54, 1.807) is 6.92 Å². The van der Waals surface area contributed by atoms with Crippen molar-refractivity contribution in [3.05, 3.63) is 52.5 Å². The Labute approximate surface area is 154 Å². The number of phenols is 1. The summed E-state index contributed by atoms with van der Waals surface area (Å²) in [6.07, 6.45) is 0. The average molecular weight is 396 g/mol. The predicted molar refractivity (Wildman–Crippen MR) is 94.7 cm³/mol. The number of hydrazine groups is 1. The SMILES string of the molecule is CC1C(=O)c2cc(O)ccc2N1NC(=O)c1ccc(Cl)c(S(N)(=O)=O)c1. The molecule has 2 aromatic carbocycles. The van der Waals surface area contributed by atoms with Gasteiger partial charge in [-0.05, 0) is 43.3 Å². The van der Waals surface area contributed by atoms with Gasteiger partial charge in [-0.3, -0.25) is 20.0 Å². The van der Waals surface area contributed by atoms with E-state index in [0.717, 1.165) is 6.07 Å². The summed E-state index contributed by atoms with van der Waals surface area (Å²) in [5, 5.41) is 15.9. The number of primary sulfonamides is 1. The number of Topliss-reactive ketones (excluding diaryl/α,β-unsaturated/α-hetero) is 1. The largest absolute Gasteiger partial charge is 0.508 e. The van der Waals surface area contributed by atoms with E-state index in [1.165, 1.54) is 35.3 Å². The van der Waals surface area contributed by atoms with E-state index in [9.17, 15) is 23.1 Å². The number of nitrogens with two attached hydrogens (primary N) is 1. The van der Waals surface area contributed by atoms with Crippen molar-refractivity contribution in [2.45, 2.75) is 17.9 Å². The topological polar surface area (TPSA) is 130 Å². The molecule has 0 bridgehead atoms. The summed E-state index contributed by atoms with van der Waals surface area (Å²) >= 11 is 5.81. The molecule has 26 heavy (non-hydrogen) atoms. The molecule has 2 aromatic rings. The van der Waals surface area contributed by atoms with Gasteiger partial charge < -0.3 is 5.11 Å². The molecule has 0 aromatic heterocycles. The van der Waals surface area contributed by atoms with Gasteiger partial charge in [0.1, 0.15) is 16.7 Å². The number of ketones is 1. The van der Waals surface area contributed by atoms with Crippen LogP contribution in [0.2, 0.25) is 5.02 Å². The third-order valence-corrected chi connectivity index (χ3v) is 5.39. The number of nitrogens with zero attached hydrogens (tertiary/aromatic N) is 1. The van der Waals surface area contributed by atoms with Crippen LogP contribution in [0.25, 0.3) is 0 Å². The van der Waals surface area contributed by atoms with E-state index in [4.69, 9.17) is 16.7 Å². The van der Waals surface area contributed by atoms with Crippen LogP contribution in [0, 0.1) is 0 Å². The summed E-state index contributed by atoms with van der Waals surface area (Å²) in [6.45, 7) is 1.59. The van der Waals surface area contributed by atoms with Crippen LogP contribution < -0.4 is 15.6 Å². The summed E-state index contributed by atoms with van der Waals surface area (Å²) in [4.78, 5) is 24.4. The summed E-state index contributed by atoms with van der Waals surface area (Å²) in [7, 11) is -4.10. The third kappa shape index (κ3) is 3.12. The smallest absolute Gasteiger partial charge is 0.269 e. The molecule has 0 radical (unpaired) electrons. The lowest BCUT2D eigenvalue weighted by Crippen LogP contribution is -2.47. The summed E-state index contributed by atoms with van der Waals surface area (Å²) in [6, 6.07) is 7.18. The monoisotopic (exact) mass is 395 g/mol. The second-order valence-electron chi connectivity index (χ2n) is 5.74. The van der Waals surface area contributed by atoms with Gasteiger partial charge in [-0.2, -0.15) is 0 Å². The molecule has 1 unspecified atom stereocenters. The number of hydrogen-bond acceptors (Lipinski definition) is 6. The number of rotatable bonds is 3. The molecule has 8 nitrogen and oxygen atoms in total. The van der Waals surface area contributed by atoms with E-state index in [0.29, 0.717) is 5.69 Å². The first-order valence-electron chi connectivity index (χ1n) is 7.39. The zero-order valence-corrected chi connectivity index (χ0v) is 15.0. The quantitative estimate of drug-likeness (QED) is 0.720. The molecule has 1 heterocycles.